The summed E-state index contributed by atoms with van der Waals surface area (Å²) >= 11 is 3.38. The first-order chi connectivity index (χ1) is 11.5. The highest BCUT2D eigenvalue weighted by Gasteiger charge is 2.29. The molecule has 2 heterocycles. The molecule has 0 spiro atoms. The molecule has 6 N–H and O–H groups in total. The summed E-state index contributed by atoms with van der Waals surface area (Å²) in [6.45, 7) is 0. The number of nitrogens with two attached hydrogens (primary N) is 2. The zero-order valence-corrected chi connectivity index (χ0v) is 13.8. The molecule has 24 heavy (non-hydrogen) atoms. The number of hydrogen-bond donors (Lipinski definition) is 4. The quantitative estimate of drug-likeness (QED) is 0.433. The standard InChI is InChI=1S/C15H11BrN8/c16-8-3-1-7(2-4-8)12-10-11(19)9(5-17)13(20)23-14(10)24-15(22-12)21-6-18/h1-4,12H,(H6,19,20,21,22,23,24). The predicted octanol–water partition coefficient (Wildman–Crippen LogP) is 1.82. The van der Waals surface area contributed by atoms with Gasteiger partial charge in [-0.3, -0.25) is 5.32 Å². The highest BCUT2D eigenvalue weighted by molar-refractivity contribution is 9.10. The molecule has 1 aromatic carbocycles. The van der Waals surface area contributed by atoms with Gasteiger partial charge in [-0.25, -0.2) is 9.98 Å². The molecule has 0 fully saturated rings. The first-order valence-corrected chi connectivity index (χ1v) is 7.58. The van der Waals surface area contributed by atoms with Crippen molar-refractivity contribution < 1.29 is 0 Å². The van der Waals surface area contributed by atoms with Crippen molar-refractivity contribution in [1.29, 1.82) is 10.5 Å². The van der Waals surface area contributed by atoms with E-state index < -0.39 is 6.04 Å². The van der Waals surface area contributed by atoms with Crippen molar-refractivity contribution in [3.8, 4) is 12.3 Å². The number of fused-ring (bicyclic) bond motifs is 1. The summed E-state index contributed by atoms with van der Waals surface area (Å²) in [5.41, 5.74) is 13.7. The van der Waals surface area contributed by atoms with Crippen LogP contribution in [0, 0.1) is 22.8 Å². The number of nitrogens with zero attached hydrogens (tertiary/aromatic N) is 4. The Morgan fingerprint density at radius 1 is 1.21 bits per heavy atom. The molecular formula is C15H11BrN8. The van der Waals surface area contributed by atoms with Crippen molar-refractivity contribution in [2.75, 3.05) is 16.8 Å². The summed E-state index contributed by atoms with van der Waals surface area (Å²) in [6, 6.07) is 8.93. The van der Waals surface area contributed by atoms with E-state index in [4.69, 9.17) is 16.7 Å². The van der Waals surface area contributed by atoms with Crippen LogP contribution in [0.5, 0.6) is 0 Å². The second kappa shape index (κ2) is 6.07. The number of anilines is 3. The minimum Gasteiger partial charge on any atom is -0.397 e. The smallest absolute Gasteiger partial charge is 0.211 e. The van der Waals surface area contributed by atoms with Crippen molar-refractivity contribution in [2.24, 2.45) is 4.99 Å². The number of aliphatic imine (C=N–C) groups is 1. The van der Waals surface area contributed by atoms with E-state index in [-0.39, 0.29) is 23.0 Å². The van der Waals surface area contributed by atoms with E-state index in [0.29, 0.717) is 11.4 Å². The van der Waals surface area contributed by atoms with Crippen LogP contribution in [-0.2, 0) is 0 Å². The number of rotatable bonds is 1. The molecule has 3 rings (SSSR count). The number of aromatic nitrogens is 1. The summed E-state index contributed by atoms with van der Waals surface area (Å²) < 4.78 is 0.917. The van der Waals surface area contributed by atoms with Gasteiger partial charge in [-0.2, -0.15) is 10.5 Å². The number of nitrogen functional groups attached to an aromatic ring is 2. The van der Waals surface area contributed by atoms with Gasteiger partial charge in [-0.1, -0.05) is 28.1 Å². The van der Waals surface area contributed by atoms with E-state index in [2.05, 4.69) is 36.5 Å². The van der Waals surface area contributed by atoms with E-state index in [1.807, 2.05) is 36.5 Å². The van der Waals surface area contributed by atoms with Crippen LogP contribution in [0.2, 0.25) is 0 Å². The molecule has 0 aliphatic carbocycles. The van der Waals surface area contributed by atoms with Gasteiger partial charge in [-0.15, -0.1) is 0 Å². The van der Waals surface area contributed by atoms with Crippen LogP contribution in [0.1, 0.15) is 22.7 Å². The minimum absolute atomic E-state index is 0.0222. The van der Waals surface area contributed by atoms with Crippen molar-refractivity contribution >= 4 is 39.2 Å². The molecular weight excluding hydrogens is 372 g/mol. The average molecular weight is 383 g/mol. The van der Waals surface area contributed by atoms with Gasteiger partial charge in [0.2, 0.25) is 5.96 Å². The summed E-state index contributed by atoms with van der Waals surface area (Å²) in [6.07, 6.45) is 1.81. The fraction of sp³-hybridized carbons (Fsp3) is 0.0667. The summed E-state index contributed by atoms with van der Waals surface area (Å²) in [4.78, 5) is 8.66. The molecule has 0 bridgehead atoms. The molecule has 0 radical (unpaired) electrons. The van der Waals surface area contributed by atoms with Crippen molar-refractivity contribution in [2.45, 2.75) is 6.04 Å². The highest BCUT2D eigenvalue weighted by atomic mass is 79.9. The number of benzene rings is 1. The van der Waals surface area contributed by atoms with E-state index in [1.54, 1.807) is 0 Å². The summed E-state index contributed by atoms with van der Waals surface area (Å²) in [7, 11) is 0. The first-order valence-electron chi connectivity index (χ1n) is 6.79. The van der Waals surface area contributed by atoms with E-state index in [0.717, 1.165) is 10.0 Å². The van der Waals surface area contributed by atoms with Gasteiger partial charge in [0.1, 0.15) is 29.3 Å². The lowest BCUT2D eigenvalue weighted by Gasteiger charge is -2.26. The summed E-state index contributed by atoms with van der Waals surface area (Å²) in [5, 5.41) is 23.4. The molecule has 1 aliphatic heterocycles. The van der Waals surface area contributed by atoms with E-state index in [1.165, 1.54) is 0 Å². The number of guanidine groups is 1. The number of hydrogen-bond acceptors (Lipinski definition) is 8. The number of pyridine rings is 1. The average Bonchev–Trinajstić information content (AvgIpc) is 2.55. The third kappa shape index (κ3) is 2.57. The minimum atomic E-state index is -0.523. The maximum Gasteiger partial charge on any atom is 0.211 e. The van der Waals surface area contributed by atoms with Crippen LogP contribution in [0.25, 0.3) is 0 Å². The lowest BCUT2D eigenvalue weighted by molar-refractivity contribution is 0.846. The predicted molar refractivity (Wildman–Crippen MR) is 93.6 cm³/mol. The zero-order chi connectivity index (χ0) is 17.3. The Balaban J connectivity index is 2.23. The number of nitrogens with one attached hydrogen (secondary N) is 2. The largest absolute Gasteiger partial charge is 0.397 e. The summed E-state index contributed by atoms with van der Waals surface area (Å²) in [5.74, 6) is 0.618. The van der Waals surface area contributed by atoms with Crippen LogP contribution in [0.4, 0.5) is 17.3 Å². The monoisotopic (exact) mass is 382 g/mol. The Hall–Kier alpha value is -3.30. The van der Waals surface area contributed by atoms with E-state index >= 15 is 0 Å². The Morgan fingerprint density at radius 3 is 2.54 bits per heavy atom. The topological polar surface area (TPSA) is 149 Å². The Morgan fingerprint density at radius 2 is 1.92 bits per heavy atom. The van der Waals surface area contributed by atoms with Gasteiger partial charge in [0.05, 0.1) is 5.69 Å². The molecule has 8 nitrogen and oxygen atoms in total. The molecule has 9 heteroatoms. The molecule has 0 saturated carbocycles. The third-order valence-electron chi connectivity index (χ3n) is 3.54. The Bertz CT molecular complexity index is 920. The molecule has 1 unspecified atom stereocenters. The van der Waals surface area contributed by atoms with Crippen LogP contribution < -0.4 is 22.1 Å². The SMILES string of the molecule is N#CNC1=NC(c2ccc(Br)cc2)c2c(nc(N)c(C#N)c2N)N1. The lowest BCUT2D eigenvalue weighted by atomic mass is 9.95. The molecule has 118 valence electrons. The van der Waals surface area contributed by atoms with Gasteiger partial charge in [-0.05, 0) is 17.7 Å². The molecule has 0 saturated heterocycles. The zero-order valence-electron chi connectivity index (χ0n) is 12.2. The van der Waals surface area contributed by atoms with Crippen molar-refractivity contribution in [3.05, 3.63) is 45.4 Å². The molecule has 1 aliphatic rings. The van der Waals surface area contributed by atoms with Crippen LogP contribution >= 0.6 is 15.9 Å². The van der Waals surface area contributed by atoms with Crippen LogP contribution in [-0.4, -0.2) is 10.9 Å². The molecule has 1 aromatic heterocycles. The van der Waals surface area contributed by atoms with Gasteiger partial charge < -0.3 is 16.8 Å². The van der Waals surface area contributed by atoms with Gasteiger partial charge in [0.25, 0.3) is 0 Å². The maximum atomic E-state index is 9.26. The van der Waals surface area contributed by atoms with Gasteiger partial charge in [0.15, 0.2) is 6.19 Å². The van der Waals surface area contributed by atoms with E-state index in [9.17, 15) is 5.26 Å². The maximum absolute atomic E-state index is 9.26. The Labute approximate surface area is 145 Å². The van der Waals surface area contributed by atoms with Gasteiger partial charge >= 0.3 is 0 Å². The first kappa shape index (κ1) is 15.6. The lowest BCUT2D eigenvalue weighted by Crippen LogP contribution is -2.32. The fourth-order valence-corrected chi connectivity index (χ4v) is 2.73. The second-order valence-electron chi connectivity index (χ2n) is 4.95. The third-order valence-corrected chi connectivity index (χ3v) is 4.07. The van der Waals surface area contributed by atoms with Crippen LogP contribution in [0.3, 0.4) is 0 Å². The normalized spacial score (nSPS) is 15.3. The Kier molecular flexibility index (Phi) is 3.94. The fourth-order valence-electron chi connectivity index (χ4n) is 2.47. The van der Waals surface area contributed by atoms with Crippen molar-refractivity contribution in [3.63, 3.8) is 0 Å². The molecule has 1 atom stereocenters. The molecule has 0 amide bonds. The highest BCUT2D eigenvalue weighted by Crippen LogP contribution is 2.40. The van der Waals surface area contributed by atoms with Gasteiger partial charge in [0, 0.05) is 10.0 Å². The number of nitriles is 2. The number of halogens is 1. The second-order valence-corrected chi connectivity index (χ2v) is 5.87. The molecule has 2 aromatic rings. The van der Waals surface area contributed by atoms with Crippen LogP contribution in [0.15, 0.2) is 33.7 Å². The van der Waals surface area contributed by atoms with Crippen molar-refractivity contribution in [1.82, 2.24) is 10.3 Å².